The van der Waals surface area contributed by atoms with Crippen molar-refractivity contribution < 1.29 is 9.13 Å². The van der Waals surface area contributed by atoms with Gasteiger partial charge >= 0.3 is 0 Å². The maximum Gasteiger partial charge on any atom is 0.273 e. The highest BCUT2D eigenvalue weighted by atomic mass is 32.1. The molecule has 0 fully saturated rings. The highest BCUT2D eigenvalue weighted by molar-refractivity contribution is 7.11. The molecule has 1 aromatic carbocycles. The van der Waals surface area contributed by atoms with E-state index in [-0.39, 0.29) is 5.82 Å². The third-order valence-electron chi connectivity index (χ3n) is 2.12. The predicted octanol–water partition coefficient (Wildman–Crippen LogP) is 3.27. The van der Waals surface area contributed by atoms with Crippen LogP contribution in [0.15, 0.2) is 23.6 Å². The van der Waals surface area contributed by atoms with Crippen molar-refractivity contribution >= 4 is 11.3 Å². The van der Waals surface area contributed by atoms with Gasteiger partial charge in [-0.2, -0.15) is 0 Å². The summed E-state index contributed by atoms with van der Waals surface area (Å²) in [6.07, 6.45) is 0. The first-order valence-electron chi connectivity index (χ1n) is 4.47. The van der Waals surface area contributed by atoms with Gasteiger partial charge in [0, 0.05) is 10.9 Å². The number of methoxy groups -OCH3 is 1. The van der Waals surface area contributed by atoms with E-state index < -0.39 is 0 Å². The minimum atomic E-state index is -0.224. The first-order chi connectivity index (χ1) is 7.20. The smallest absolute Gasteiger partial charge is 0.273 e. The van der Waals surface area contributed by atoms with Crippen molar-refractivity contribution in [2.75, 3.05) is 7.11 Å². The van der Waals surface area contributed by atoms with Crippen LogP contribution in [-0.4, -0.2) is 12.1 Å². The van der Waals surface area contributed by atoms with E-state index in [4.69, 9.17) is 4.74 Å². The SMILES string of the molecule is COc1nc(-c2ccc(F)cc2C)cs1. The molecule has 2 aromatic rings. The van der Waals surface area contributed by atoms with E-state index in [9.17, 15) is 4.39 Å². The monoisotopic (exact) mass is 223 g/mol. The molecule has 4 heteroatoms. The molecule has 0 N–H and O–H groups in total. The average molecular weight is 223 g/mol. The first-order valence-corrected chi connectivity index (χ1v) is 5.34. The van der Waals surface area contributed by atoms with Gasteiger partial charge in [0.1, 0.15) is 5.82 Å². The second kappa shape index (κ2) is 3.98. The van der Waals surface area contributed by atoms with Crippen LogP contribution in [0.25, 0.3) is 11.3 Å². The number of thiazole rings is 1. The lowest BCUT2D eigenvalue weighted by Crippen LogP contribution is -1.86. The Morgan fingerprint density at radius 2 is 2.20 bits per heavy atom. The molecule has 0 saturated heterocycles. The summed E-state index contributed by atoms with van der Waals surface area (Å²) in [5.41, 5.74) is 2.65. The Hall–Kier alpha value is -1.42. The molecule has 0 atom stereocenters. The Bertz CT molecular complexity index is 481. The second-order valence-electron chi connectivity index (χ2n) is 3.16. The molecule has 0 unspecified atom stereocenters. The number of rotatable bonds is 2. The lowest BCUT2D eigenvalue weighted by atomic mass is 10.1. The Labute approximate surface area is 91.4 Å². The van der Waals surface area contributed by atoms with Gasteiger partial charge in [0.2, 0.25) is 0 Å². The van der Waals surface area contributed by atoms with Gasteiger partial charge in [-0.15, -0.1) is 0 Å². The van der Waals surface area contributed by atoms with Crippen molar-refractivity contribution in [3.63, 3.8) is 0 Å². The molecule has 0 aliphatic rings. The standard InChI is InChI=1S/C11H10FNOS/c1-7-5-8(12)3-4-9(7)10-6-15-11(13-10)14-2/h3-6H,1-2H3. The Kier molecular flexibility index (Phi) is 2.68. The zero-order chi connectivity index (χ0) is 10.8. The summed E-state index contributed by atoms with van der Waals surface area (Å²) < 4.78 is 17.9. The third-order valence-corrected chi connectivity index (χ3v) is 2.92. The first kappa shape index (κ1) is 10.1. The van der Waals surface area contributed by atoms with Gasteiger partial charge in [-0.05, 0) is 30.7 Å². The lowest BCUT2D eigenvalue weighted by molar-refractivity contribution is 0.412. The molecule has 0 saturated carbocycles. The molecule has 0 spiro atoms. The van der Waals surface area contributed by atoms with Gasteiger partial charge in [0.15, 0.2) is 0 Å². The van der Waals surface area contributed by atoms with Crippen molar-refractivity contribution in [1.82, 2.24) is 4.98 Å². The summed E-state index contributed by atoms with van der Waals surface area (Å²) in [5.74, 6) is -0.224. The molecule has 0 amide bonds. The highest BCUT2D eigenvalue weighted by Crippen LogP contribution is 2.28. The molecule has 0 aliphatic heterocycles. The quantitative estimate of drug-likeness (QED) is 0.779. The van der Waals surface area contributed by atoms with Crippen LogP contribution in [0.4, 0.5) is 4.39 Å². The van der Waals surface area contributed by atoms with Crippen molar-refractivity contribution in [1.29, 1.82) is 0 Å². The summed E-state index contributed by atoms with van der Waals surface area (Å²) in [4.78, 5) is 4.26. The largest absolute Gasteiger partial charge is 0.473 e. The van der Waals surface area contributed by atoms with Crippen LogP contribution >= 0.6 is 11.3 Å². The number of hydrogen-bond acceptors (Lipinski definition) is 3. The van der Waals surface area contributed by atoms with Crippen LogP contribution in [0.1, 0.15) is 5.56 Å². The van der Waals surface area contributed by atoms with E-state index in [0.717, 1.165) is 16.8 Å². The average Bonchev–Trinajstić information content (AvgIpc) is 2.66. The molecule has 1 heterocycles. The molecule has 2 nitrogen and oxygen atoms in total. The molecule has 0 aliphatic carbocycles. The number of ether oxygens (including phenoxy) is 1. The van der Waals surface area contributed by atoms with Crippen LogP contribution in [0.5, 0.6) is 5.19 Å². The van der Waals surface area contributed by atoms with E-state index in [0.29, 0.717) is 5.19 Å². The van der Waals surface area contributed by atoms with Gasteiger partial charge in [-0.25, -0.2) is 9.37 Å². The van der Waals surface area contributed by atoms with Gasteiger partial charge < -0.3 is 4.74 Å². The van der Waals surface area contributed by atoms with Crippen molar-refractivity contribution in [3.05, 3.63) is 35.0 Å². The number of halogens is 1. The number of benzene rings is 1. The summed E-state index contributed by atoms with van der Waals surface area (Å²) in [5, 5.41) is 2.52. The van der Waals surface area contributed by atoms with Crippen LogP contribution in [0, 0.1) is 12.7 Å². The highest BCUT2D eigenvalue weighted by Gasteiger charge is 2.07. The van der Waals surface area contributed by atoms with E-state index in [2.05, 4.69) is 4.98 Å². The van der Waals surface area contributed by atoms with E-state index in [1.165, 1.54) is 23.5 Å². The minimum absolute atomic E-state index is 0.224. The zero-order valence-electron chi connectivity index (χ0n) is 8.45. The third kappa shape index (κ3) is 1.99. The van der Waals surface area contributed by atoms with Crippen LogP contribution in [-0.2, 0) is 0 Å². The number of aryl methyl sites for hydroxylation is 1. The molecule has 0 radical (unpaired) electrons. The van der Waals surface area contributed by atoms with Crippen molar-refractivity contribution in [3.8, 4) is 16.5 Å². The molecule has 0 bridgehead atoms. The fourth-order valence-corrected chi connectivity index (χ4v) is 2.03. The number of nitrogens with zero attached hydrogens (tertiary/aromatic N) is 1. The molecule has 78 valence electrons. The maximum absolute atomic E-state index is 12.9. The van der Waals surface area contributed by atoms with Crippen LogP contribution in [0.3, 0.4) is 0 Å². The lowest BCUT2D eigenvalue weighted by Gasteiger charge is -2.01. The normalized spacial score (nSPS) is 10.3. The topological polar surface area (TPSA) is 22.1 Å². The summed E-state index contributed by atoms with van der Waals surface area (Å²) in [6, 6.07) is 4.68. The van der Waals surface area contributed by atoms with Crippen molar-refractivity contribution in [2.24, 2.45) is 0 Å². The molecule has 1 aromatic heterocycles. The predicted molar refractivity (Wildman–Crippen MR) is 58.8 cm³/mol. The van der Waals surface area contributed by atoms with Crippen LogP contribution < -0.4 is 4.74 Å². The molecule has 15 heavy (non-hydrogen) atoms. The number of aromatic nitrogens is 1. The van der Waals surface area contributed by atoms with Gasteiger partial charge in [0.25, 0.3) is 5.19 Å². The summed E-state index contributed by atoms with van der Waals surface area (Å²) in [7, 11) is 1.58. The Morgan fingerprint density at radius 1 is 1.40 bits per heavy atom. The van der Waals surface area contributed by atoms with Gasteiger partial charge in [-0.3, -0.25) is 0 Å². The Morgan fingerprint density at radius 3 is 2.80 bits per heavy atom. The van der Waals surface area contributed by atoms with Crippen molar-refractivity contribution in [2.45, 2.75) is 6.92 Å². The van der Waals surface area contributed by atoms with Crippen LogP contribution in [0.2, 0.25) is 0 Å². The van der Waals surface area contributed by atoms with Gasteiger partial charge in [-0.1, -0.05) is 11.3 Å². The molecular formula is C11H10FNOS. The molecule has 2 rings (SSSR count). The maximum atomic E-state index is 12.9. The van der Waals surface area contributed by atoms with E-state index >= 15 is 0 Å². The fraction of sp³-hybridized carbons (Fsp3) is 0.182. The zero-order valence-corrected chi connectivity index (χ0v) is 9.27. The minimum Gasteiger partial charge on any atom is -0.473 e. The fourth-order valence-electron chi connectivity index (χ4n) is 1.39. The summed E-state index contributed by atoms with van der Waals surface area (Å²) >= 11 is 1.43. The second-order valence-corrected chi connectivity index (χ2v) is 3.98. The van der Waals surface area contributed by atoms with Gasteiger partial charge in [0.05, 0.1) is 12.8 Å². The Balaban J connectivity index is 2.44. The number of hydrogen-bond donors (Lipinski definition) is 0. The van der Waals surface area contributed by atoms with E-state index in [1.807, 2.05) is 12.3 Å². The molecular weight excluding hydrogens is 213 g/mol. The summed E-state index contributed by atoms with van der Waals surface area (Å²) in [6.45, 7) is 1.87. The van der Waals surface area contributed by atoms with E-state index in [1.54, 1.807) is 13.2 Å².